The summed E-state index contributed by atoms with van der Waals surface area (Å²) in [4.78, 5) is 24.7. The number of hydrogen-bond donors (Lipinski definition) is 2. The molecule has 0 fully saturated rings. The Morgan fingerprint density at radius 3 is 2.70 bits per heavy atom. The van der Waals surface area contributed by atoms with Gasteiger partial charge in [-0.15, -0.1) is 16.8 Å². The molecule has 0 aliphatic rings. The highest BCUT2D eigenvalue weighted by atomic mass is 35.5. The minimum absolute atomic E-state index is 0.130. The van der Waals surface area contributed by atoms with E-state index < -0.39 is 0 Å². The quantitative estimate of drug-likeness (QED) is 0.306. The van der Waals surface area contributed by atoms with E-state index in [1.807, 2.05) is 35.8 Å². The summed E-state index contributed by atoms with van der Waals surface area (Å²) in [6.45, 7) is 6.60. The molecule has 1 heterocycles. The fourth-order valence-corrected chi connectivity index (χ4v) is 4.07. The summed E-state index contributed by atoms with van der Waals surface area (Å²) in [6, 6.07) is 12.3. The Hall–Kier alpha value is -2.81. The normalized spacial score (nSPS) is 10.6. The molecule has 0 bridgehead atoms. The van der Waals surface area contributed by atoms with Crippen LogP contribution in [0.2, 0.25) is 10.0 Å². The lowest BCUT2D eigenvalue weighted by molar-refractivity contribution is -0.113. The summed E-state index contributed by atoms with van der Waals surface area (Å²) in [5, 5.41) is 15.5. The Kier molecular flexibility index (Phi) is 8.94. The molecule has 2 amide bonds. The Labute approximate surface area is 206 Å². The second kappa shape index (κ2) is 11.9. The first kappa shape index (κ1) is 24.8. The number of aryl methyl sites for hydroxylation is 1. The van der Waals surface area contributed by atoms with Gasteiger partial charge in [0.05, 0.1) is 15.8 Å². The Morgan fingerprint density at radius 1 is 1.15 bits per heavy atom. The summed E-state index contributed by atoms with van der Waals surface area (Å²) in [6.07, 6.45) is 2.20. The van der Waals surface area contributed by atoms with E-state index in [0.717, 1.165) is 11.3 Å². The smallest absolute Gasteiger partial charge is 0.251 e. The molecular weight excluding hydrogens is 481 g/mol. The van der Waals surface area contributed by atoms with Crippen LogP contribution in [0.15, 0.2) is 60.3 Å². The molecule has 0 spiro atoms. The highest BCUT2D eigenvalue weighted by Crippen LogP contribution is 2.22. The first-order valence-electron chi connectivity index (χ1n) is 10.1. The van der Waals surface area contributed by atoms with Crippen LogP contribution in [0, 0.1) is 6.92 Å². The summed E-state index contributed by atoms with van der Waals surface area (Å²) >= 11 is 13.2. The van der Waals surface area contributed by atoms with Crippen LogP contribution in [0.1, 0.15) is 21.7 Å². The molecule has 7 nitrogen and oxygen atoms in total. The maximum absolute atomic E-state index is 12.3. The summed E-state index contributed by atoms with van der Waals surface area (Å²) in [5.41, 5.74) is 2.25. The van der Waals surface area contributed by atoms with Crippen molar-refractivity contribution in [1.82, 2.24) is 20.1 Å². The lowest BCUT2D eigenvalue weighted by Crippen LogP contribution is -2.26. The van der Waals surface area contributed by atoms with Gasteiger partial charge in [0, 0.05) is 30.8 Å². The largest absolute Gasteiger partial charge is 0.352 e. The van der Waals surface area contributed by atoms with E-state index in [1.54, 1.807) is 18.2 Å². The van der Waals surface area contributed by atoms with E-state index in [9.17, 15) is 9.59 Å². The number of halogens is 2. The molecule has 1 aromatic heterocycles. The van der Waals surface area contributed by atoms with Crippen molar-refractivity contribution in [1.29, 1.82) is 0 Å². The Morgan fingerprint density at radius 2 is 1.97 bits per heavy atom. The monoisotopic (exact) mass is 503 g/mol. The van der Waals surface area contributed by atoms with E-state index in [0.29, 0.717) is 46.1 Å². The number of aromatic nitrogens is 3. The molecule has 3 rings (SSSR count). The molecule has 10 heteroatoms. The average Bonchev–Trinajstić information content (AvgIpc) is 3.16. The SMILES string of the molecule is C=CCn1c(CCNC(=O)c2ccc(Cl)c(Cl)c2)nnc1SCC(=O)Nc1cccc(C)c1. The Bertz CT molecular complexity index is 1170. The third kappa shape index (κ3) is 7.08. The van der Waals surface area contributed by atoms with Crippen LogP contribution < -0.4 is 10.6 Å². The van der Waals surface area contributed by atoms with Crippen LogP contribution in [0.4, 0.5) is 5.69 Å². The Balaban J connectivity index is 1.56. The molecule has 0 saturated heterocycles. The highest BCUT2D eigenvalue weighted by Gasteiger charge is 2.14. The van der Waals surface area contributed by atoms with Gasteiger partial charge < -0.3 is 15.2 Å². The molecule has 3 aromatic rings. The van der Waals surface area contributed by atoms with Crippen molar-refractivity contribution >= 4 is 52.5 Å². The van der Waals surface area contributed by atoms with Gasteiger partial charge in [0.1, 0.15) is 5.82 Å². The van der Waals surface area contributed by atoms with Crippen molar-refractivity contribution in [3.05, 3.63) is 82.1 Å². The third-order valence-electron chi connectivity index (χ3n) is 4.56. The van der Waals surface area contributed by atoms with Gasteiger partial charge >= 0.3 is 0 Å². The van der Waals surface area contributed by atoms with E-state index in [4.69, 9.17) is 23.2 Å². The van der Waals surface area contributed by atoms with Crippen molar-refractivity contribution in [2.75, 3.05) is 17.6 Å². The number of hydrogen-bond acceptors (Lipinski definition) is 5. The van der Waals surface area contributed by atoms with E-state index in [2.05, 4.69) is 27.4 Å². The topological polar surface area (TPSA) is 88.9 Å². The predicted octanol–water partition coefficient (Wildman–Crippen LogP) is 4.78. The second-order valence-corrected chi connectivity index (χ2v) is 8.90. The number of thioether (sulfide) groups is 1. The minimum Gasteiger partial charge on any atom is -0.352 e. The van der Waals surface area contributed by atoms with Gasteiger partial charge in [-0.3, -0.25) is 9.59 Å². The van der Waals surface area contributed by atoms with E-state index >= 15 is 0 Å². The van der Waals surface area contributed by atoms with Gasteiger partial charge in [0.2, 0.25) is 5.91 Å². The molecule has 0 aliphatic carbocycles. The molecule has 33 heavy (non-hydrogen) atoms. The third-order valence-corrected chi connectivity index (χ3v) is 6.26. The number of rotatable bonds is 10. The van der Waals surface area contributed by atoms with Crippen molar-refractivity contribution in [3.8, 4) is 0 Å². The lowest BCUT2D eigenvalue weighted by Gasteiger charge is -2.09. The first-order chi connectivity index (χ1) is 15.9. The zero-order valence-corrected chi connectivity index (χ0v) is 20.3. The van der Waals surface area contributed by atoms with Crippen molar-refractivity contribution in [2.45, 2.75) is 25.0 Å². The average molecular weight is 504 g/mol. The predicted molar refractivity (Wildman–Crippen MR) is 133 cm³/mol. The van der Waals surface area contributed by atoms with Crippen LogP contribution in [-0.2, 0) is 17.8 Å². The summed E-state index contributed by atoms with van der Waals surface area (Å²) < 4.78 is 1.88. The molecular formula is C23H23Cl2N5O2S. The van der Waals surface area contributed by atoms with Crippen molar-refractivity contribution < 1.29 is 9.59 Å². The maximum atomic E-state index is 12.3. The number of carbonyl (C=O) groups excluding carboxylic acids is 2. The molecule has 2 aromatic carbocycles. The van der Waals surface area contributed by atoms with Crippen LogP contribution in [-0.4, -0.2) is 38.9 Å². The number of allylic oxidation sites excluding steroid dienone is 1. The van der Waals surface area contributed by atoms with Crippen LogP contribution in [0.25, 0.3) is 0 Å². The van der Waals surface area contributed by atoms with Crippen LogP contribution in [0.5, 0.6) is 0 Å². The second-order valence-electron chi connectivity index (χ2n) is 7.14. The number of amides is 2. The number of nitrogens with one attached hydrogen (secondary N) is 2. The zero-order valence-electron chi connectivity index (χ0n) is 18.0. The molecule has 172 valence electrons. The molecule has 0 aliphatic heterocycles. The molecule has 0 radical (unpaired) electrons. The van der Waals surface area contributed by atoms with E-state index in [1.165, 1.54) is 17.8 Å². The maximum Gasteiger partial charge on any atom is 0.251 e. The number of nitrogens with zero attached hydrogens (tertiary/aromatic N) is 3. The van der Waals surface area contributed by atoms with Crippen LogP contribution in [0.3, 0.4) is 0 Å². The fraction of sp³-hybridized carbons (Fsp3) is 0.217. The van der Waals surface area contributed by atoms with E-state index in [-0.39, 0.29) is 17.6 Å². The number of benzene rings is 2. The van der Waals surface area contributed by atoms with Gasteiger partial charge in [0.25, 0.3) is 5.91 Å². The molecule has 0 atom stereocenters. The highest BCUT2D eigenvalue weighted by molar-refractivity contribution is 7.99. The van der Waals surface area contributed by atoms with Crippen molar-refractivity contribution in [2.24, 2.45) is 0 Å². The van der Waals surface area contributed by atoms with Gasteiger partial charge in [-0.05, 0) is 42.8 Å². The zero-order chi connectivity index (χ0) is 23.8. The van der Waals surface area contributed by atoms with Gasteiger partial charge in [-0.2, -0.15) is 0 Å². The molecule has 2 N–H and O–H groups in total. The molecule has 0 unspecified atom stereocenters. The number of carbonyl (C=O) groups is 2. The summed E-state index contributed by atoms with van der Waals surface area (Å²) in [7, 11) is 0. The van der Waals surface area contributed by atoms with Crippen molar-refractivity contribution in [3.63, 3.8) is 0 Å². The van der Waals surface area contributed by atoms with Gasteiger partial charge in [-0.25, -0.2) is 0 Å². The summed E-state index contributed by atoms with van der Waals surface area (Å²) in [5.74, 6) is 0.489. The van der Waals surface area contributed by atoms with Crippen LogP contribution >= 0.6 is 35.0 Å². The lowest BCUT2D eigenvalue weighted by atomic mass is 10.2. The fourth-order valence-electron chi connectivity index (χ4n) is 3.00. The molecule has 0 saturated carbocycles. The minimum atomic E-state index is -0.259. The first-order valence-corrected chi connectivity index (χ1v) is 11.9. The number of anilines is 1. The standard InChI is InChI=1S/C23H23Cl2N5O2S/c1-3-11-30-20(9-10-26-22(32)16-7-8-18(24)19(25)13-16)28-29-23(30)33-14-21(31)27-17-6-4-5-15(2)12-17/h3-8,12-13H,1,9-11,14H2,2H3,(H,26,32)(H,27,31). The van der Waals surface area contributed by atoms with Gasteiger partial charge in [0.15, 0.2) is 5.16 Å². The van der Waals surface area contributed by atoms with Gasteiger partial charge in [-0.1, -0.05) is 53.2 Å².